The molecule has 30 heavy (non-hydrogen) atoms. The summed E-state index contributed by atoms with van der Waals surface area (Å²) in [6.07, 6.45) is 1.68. The molecule has 1 amide bonds. The maximum Gasteiger partial charge on any atom is 0.257 e. The van der Waals surface area contributed by atoms with Crippen LogP contribution in [0.25, 0.3) is 22.2 Å². The first kappa shape index (κ1) is 19.7. The van der Waals surface area contributed by atoms with Crippen molar-refractivity contribution in [3.63, 3.8) is 0 Å². The van der Waals surface area contributed by atoms with Gasteiger partial charge in [0.1, 0.15) is 11.6 Å². The number of aromatic nitrogens is 2. The molecule has 0 radical (unpaired) electrons. The molecule has 0 spiro atoms. The third-order valence-electron chi connectivity index (χ3n) is 4.67. The number of pyridine rings is 2. The Balaban J connectivity index is 1.72. The van der Waals surface area contributed by atoms with Gasteiger partial charge in [-0.1, -0.05) is 18.2 Å². The second-order valence-electron chi connectivity index (χ2n) is 7.32. The van der Waals surface area contributed by atoms with E-state index in [0.717, 1.165) is 23.1 Å². The molecule has 1 N–H and O–H groups in total. The van der Waals surface area contributed by atoms with E-state index in [9.17, 15) is 9.18 Å². The molecular weight excluding hydrogens is 379 g/mol. The smallest absolute Gasteiger partial charge is 0.257 e. The van der Waals surface area contributed by atoms with Gasteiger partial charge < -0.3 is 10.2 Å². The topological polar surface area (TPSA) is 58.1 Å². The molecule has 0 saturated carbocycles. The number of anilines is 1. The highest BCUT2D eigenvalue weighted by Crippen LogP contribution is 2.26. The number of nitrogens with zero attached hydrogens (tertiary/aromatic N) is 3. The molecule has 0 aliphatic rings. The lowest BCUT2D eigenvalue weighted by molar-refractivity contribution is 0.102. The zero-order valence-corrected chi connectivity index (χ0v) is 16.8. The highest BCUT2D eigenvalue weighted by atomic mass is 19.1. The summed E-state index contributed by atoms with van der Waals surface area (Å²) < 4.78 is 13.3. The normalized spacial score (nSPS) is 11.1. The van der Waals surface area contributed by atoms with Crippen molar-refractivity contribution in [1.29, 1.82) is 0 Å². The lowest BCUT2D eigenvalue weighted by Gasteiger charge is -2.12. The van der Waals surface area contributed by atoms with Crippen molar-refractivity contribution in [2.75, 3.05) is 19.4 Å². The van der Waals surface area contributed by atoms with Crippen LogP contribution in [0.15, 0.2) is 72.9 Å². The molecule has 0 bridgehead atoms. The molecule has 2 heterocycles. The van der Waals surface area contributed by atoms with Crippen LogP contribution in [0, 0.1) is 5.82 Å². The number of hydrogen-bond donors (Lipinski definition) is 1. The fourth-order valence-corrected chi connectivity index (χ4v) is 3.32. The highest BCUT2D eigenvalue weighted by Gasteiger charge is 2.15. The number of hydrogen-bond acceptors (Lipinski definition) is 4. The van der Waals surface area contributed by atoms with Gasteiger partial charge in [-0.25, -0.2) is 14.4 Å². The fraction of sp³-hybridized carbons (Fsp3) is 0.125. The van der Waals surface area contributed by atoms with Crippen LogP contribution in [0.1, 0.15) is 15.9 Å². The Bertz CT molecular complexity index is 1210. The first-order valence-electron chi connectivity index (χ1n) is 9.56. The molecule has 4 rings (SSSR count). The van der Waals surface area contributed by atoms with E-state index < -0.39 is 0 Å². The van der Waals surface area contributed by atoms with Crippen molar-refractivity contribution < 1.29 is 9.18 Å². The minimum Gasteiger partial charge on any atom is -0.307 e. The molecule has 0 saturated heterocycles. The molecule has 0 aliphatic carbocycles. The Kier molecular flexibility index (Phi) is 5.50. The Hall–Kier alpha value is -3.64. The molecule has 0 atom stereocenters. The summed E-state index contributed by atoms with van der Waals surface area (Å²) in [6.45, 7) is 0.748. The van der Waals surface area contributed by atoms with Gasteiger partial charge in [0.2, 0.25) is 0 Å². The first-order chi connectivity index (χ1) is 14.5. The number of carbonyl (C=O) groups excluding carboxylic acids is 1. The quantitative estimate of drug-likeness (QED) is 0.525. The van der Waals surface area contributed by atoms with E-state index in [1.54, 1.807) is 24.4 Å². The van der Waals surface area contributed by atoms with E-state index in [1.165, 1.54) is 12.1 Å². The molecular formula is C24H21FN4O. The molecule has 4 aromatic rings. The number of para-hydroxylation sites is 1. The molecule has 2 aromatic carbocycles. The number of fused-ring (bicyclic) bond motifs is 1. The Morgan fingerprint density at radius 2 is 1.80 bits per heavy atom. The lowest BCUT2D eigenvalue weighted by Crippen LogP contribution is -2.15. The fourth-order valence-electron chi connectivity index (χ4n) is 3.32. The van der Waals surface area contributed by atoms with Crippen LogP contribution in [0.3, 0.4) is 0 Å². The SMILES string of the molecule is CN(C)Cc1ccnc(NC(=O)c2cc(-c3ccc(F)cc3)nc3ccccc23)c1. The van der Waals surface area contributed by atoms with Crippen molar-refractivity contribution in [2.45, 2.75) is 6.54 Å². The van der Waals surface area contributed by atoms with E-state index in [0.29, 0.717) is 22.6 Å². The van der Waals surface area contributed by atoms with Gasteiger partial charge in [0.05, 0.1) is 16.8 Å². The average Bonchev–Trinajstić information content (AvgIpc) is 2.73. The van der Waals surface area contributed by atoms with Crippen molar-refractivity contribution in [1.82, 2.24) is 14.9 Å². The number of halogens is 1. The third kappa shape index (κ3) is 4.34. The van der Waals surface area contributed by atoms with E-state index in [4.69, 9.17) is 0 Å². The van der Waals surface area contributed by atoms with Gasteiger partial charge in [-0.15, -0.1) is 0 Å². The van der Waals surface area contributed by atoms with E-state index in [1.807, 2.05) is 55.4 Å². The first-order valence-corrected chi connectivity index (χ1v) is 9.56. The largest absolute Gasteiger partial charge is 0.307 e. The van der Waals surface area contributed by atoms with E-state index in [-0.39, 0.29) is 11.7 Å². The van der Waals surface area contributed by atoms with Crippen LogP contribution in [0.4, 0.5) is 10.2 Å². The summed E-state index contributed by atoms with van der Waals surface area (Å²) in [5.74, 6) is -0.101. The van der Waals surface area contributed by atoms with E-state index >= 15 is 0 Å². The maximum atomic E-state index is 13.3. The van der Waals surface area contributed by atoms with Crippen LogP contribution < -0.4 is 5.32 Å². The predicted octanol–water partition coefficient (Wildman–Crippen LogP) is 4.75. The van der Waals surface area contributed by atoms with Gasteiger partial charge in [-0.05, 0) is 68.2 Å². The van der Waals surface area contributed by atoms with Crippen molar-refractivity contribution in [2.24, 2.45) is 0 Å². The standard InChI is InChI=1S/C24H21FN4O/c1-29(2)15-16-11-12-26-23(13-16)28-24(30)20-14-22(17-7-9-18(25)10-8-17)27-21-6-4-3-5-19(20)21/h3-14H,15H2,1-2H3,(H,26,28,30). The molecule has 0 fully saturated rings. The molecule has 0 unspecified atom stereocenters. The van der Waals surface area contributed by atoms with Crippen LogP contribution in [-0.4, -0.2) is 34.9 Å². The average molecular weight is 400 g/mol. The molecule has 5 nitrogen and oxygen atoms in total. The van der Waals surface area contributed by atoms with Gasteiger partial charge >= 0.3 is 0 Å². The second-order valence-corrected chi connectivity index (χ2v) is 7.32. The van der Waals surface area contributed by atoms with Gasteiger partial charge in [0.15, 0.2) is 0 Å². The second kappa shape index (κ2) is 8.39. The highest BCUT2D eigenvalue weighted by molar-refractivity contribution is 6.12. The Morgan fingerprint density at radius 1 is 1.03 bits per heavy atom. The minimum absolute atomic E-state index is 0.272. The maximum absolute atomic E-state index is 13.3. The molecule has 150 valence electrons. The number of rotatable bonds is 5. The number of carbonyl (C=O) groups is 1. The summed E-state index contributed by atoms with van der Waals surface area (Å²) in [7, 11) is 3.97. The molecule has 0 aliphatic heterocycles. The van der Waals surface area contributed by atoms with Crippen LogP contribution in [0.2, 0.25) is 0 Å². The van der Waals surface area contributed by atoms with Crippen LogP contribution in [0.5, 0.6) is 0 Å². The summed E-state index contributed by atoms with van der Waals surface area (Å²) in [5, 5.41) is 3.64. The number of benzene rings is 2. The van der Waals surface area contributed by atoms with Gasteiger partial charge in [-0.2, -0.15) is 0 Å². The van der Waals surface area contributed by atoms with Crippen molar-refractivity contribution >= 4 is 22.6 Å². The van der Waals surface area contributed by atoms with Crippen LogP contribution >= 0.6 is 0 Å². The van der Waals surface area contributed by atoms with Crippen LogP contribution in [-0.2, 0) is 6.54 Å². The number of nitrogens with one attached hydrogen (secondary N) is 1. The van der Waals surface area contributed by atoms with Crippen molar-refractivity contribution in [3.05, 3.63) is 89.9 Å². The predicted molar refractivity (Wildman–Crippen MR) is 117 cm³/mol. The zero-order valence-electron chi connectivity index (χ0n) is 16.8. The van der Waals surface area contributed by atoms with Gasteiger partial charge in [0.25, 0.3) is 5.91 Å². The summed E-state index contributed by atoms with van der Waals surface area (Å²) in [6, 6.07) is 19.0. The Labute approximate surface area is 174 Å². The summed E-state index contributed by atoms with van der Waals surface area (Å²) >= 11 is 0. The minimum atomic E-state index is -0.318. The zero-order chi connectivity index (χ0) is 21.1. The van der Waals surface area contributed by atoms with Crippen molar-refractivity contribution in [3.8, 4) is 11.3 Å². The van der Waals surface area contributed by atoms with E-state index in [2.05, 4.69) is 15.3 Å². The lowest BCUT2D eigenvalue weighted by atomic mass is 10.0. The third-order valence-corrected chi connectivity index (χ3v) is 4.67. The van der Waals surface area contributed by atoms with Gasteiger partial charge in [0, 0.05) is 23.7 Å². The molecule has 6 heteroatoms. The monoisotopic (exact) mass is 400 g/mol. The van der Waals surface area contributed by atoms with Gasteiger partial charge in [-0.3, -0.25) is 4.79 Å². The molecule has 2 aromatic heterocycles. The summed E-state index contributed by atoms with van der Waals surface area (Å²) in [5.41, 5.74) is 3.57. The summed E-state index contributed by atoms with van der Waals surface area (Å²) in [4.78, 5) is 24.1. The Morgan fingerprint density at radius 3 is 2.57 bits per heavy atom. The number of amides is 1.